The van der Waals surface area contributed by atoms with Gasteiger partial charge in [0.1, 0.15) is 5.84 Å². The second-order valence-corrected chi connectivity index (χ2v) is 4.13. The van der Waals surface area contributed by atoms with E-state index in [1.807, 2.05) is 24.3 Å². The summed E-state index contributed by atoms with van der Waals surface area (Å²) in [5, 5.41) is 7.36. The first kappa shape index (κ1) is 14.7. The molecule has 1 aromatic rings. The van der Waals surface area contributed by atoms with Crippen molar-refractivity contribution in [3.05, 3.63) is 35.4 Å². The second-order valence-electron chi connectivity index (χ2n) is 4.13. The number of nitrogen functional groups attached to an aromatic ring is 1. The van der Waals surface area contributed by atoms with Crippen molar-refractivity contribution in [1.29, 1.82) is 5.41 Å². The van der Waals surface area contributed by atoms with Gasteiger partial charge in [0.25, 0.3) is 0 Å². The number of amidine groups is 1. The van der Waals surface area contributed by atoms with Crippen molar-refractivity contribution < 1.29 is 9.47 Å². The van der Waals surface area contributed by atoms with Gasteiger partial charge in [-0.2, -0.15) is 0 Å². The molecule has 0 unspecified atom stereocenters. The van der Waals surface area contributed by atoms with Crippen molar-refractivity contribution in [2.45, 2.75) is 26.4 Å². The van der Waals surface area contributed by atoms with E-state index in [1.165, 1.54) is 0 Å². The van der Waals surface area contributed by atoms with Crippen LogP contribution in [0.5, 0.6) is 0 Å². The summed E-state index contributed by atoms with van der Waals surface area (Å²) in [4.78, 5) is 0. The van der Waals surface area contributed by atoms with Crippen LogP contribution >= 0.6 is 0 Å². The van der Waals surface area contributed by atoms with Crippen LogP contribution in [0.4, 0.5) is 0 Å². The molecule has 3 N–H and O–H groups in total. The van der Waals surface area contributed by atoms with E-state index in [0.29, 0.717) is 19.8 Å². The molecule has 0 aromatic heterocycles. The lowest BCUT2D eigenvalue weighted by Crippen LogP contribution is -2.11. The van der Waals surface area contributed by atoms with E-state index in [9.17, 15) is 0 Å². The molecular formula is C14H22N2O2. The maximum atomic E-state index is 7.36. The fourth-order valence-electron chi connectivity index (χ4n) is 1.48. The fraction of sp³-hybridized carbons (Fsp3) is 0.500. The molecule has 0 saturated heterocycles. The summed E-state index contributed by atoms with van der Waals surface area (Å²) in [6, 6.07) is 7.54. The van der Waals surface area contributed by atoms with Crippen LogP contribution in [-0.2, 0) is 16.1 Å². The zero-order valence-electron chi connectivity index (χ0n) is 10.9. The van der Waals surface area contributed by atoms with Gasteiger partial charge >= 0.3 is 0 Å². The van der Waals surface area contributed by atoms with Gasteiger partial charge in [-0.3, -0.25) is 5.41 Å². The Morgan fingerprint density at radius 1 is 1.22 bits per heavy atom. The molecule has 1 aromatic carbocycles. The molecule has 0 heterocycles. The Morgan fingerprint density at radius 3 is 2.72 bits per heavy atom. The van der Waals surface area contributed by atoms with Crippen LogP contribution in [0.1, 0.15) is 30.9 Å². The molecule has 0 bridgehead atoms. The zero-order valence-corrected chi connectivity index (χ0v) is 10.9. The molecule has 100 valence electrons. The highest BCUT2D eigenvalue weighted by atomic mass is 16.5. The predicted molar refractivity (Wildman–Crippen MR) is 72.8 cm³/mol. The number of ether oxygens (including phenoxy) is 2. The van der Waals surface area contributed by atoms with E-state index in [1.54, 1.807) is 0 Å². The third-order valence-electron chi connectivity index (χ3n) is 2.52. The fourth-order valence-corrected chi connectivity index (χ4v) is 1.48. The quantitative estimate of drug-likeness (QED) is 0.401. The summed E-state index contributed by atoms with van der Waals surface area (Å²) in [5.41, 5.74) is 7.18. The lowest BCUT2D eigenvalue weighted by atomic mass is 10.1. The average Bonchev–Trinajstić information content (AvgIpc) is 2.38. The molecule has 0 radical (unpaired) electrons. The second kappa shape index (κ2) is 8.66. The minimum Gasteiger partial charge on any atom is -0.384 e. The zero-order chi connectivity index (χ0) is 13.2. The van der Waals surface area contributed by atoms with E-state index < -0.39 is 0 Å². The van der Waals surface area contributed by atoms with Gasteiger partial charge in [0.05, 0.1) is 19.8 Å². The summed E-state index contributed by atoms with van der Waals surface area (Å²) in [5.74, 6) is 0.0831. The average molecular weight is 250 g/mol. The van der Waals surface area contributed by atoms with E-state index in [4.69, 9.17) is 20.6 Å². The largest absolute Gasteiger partial charge is 0.384 e. The van der Waals surface area contributed by atoms with Crippen molar-refractivity contribution in [1.82, 2.24) is 0 Å². The van der Waals surface area contributed by atoms with E-state index >= 15 is 0 Å². The molecule has 1 rings (SSSR count). The Bertz CT molecular complexity index is 367. The smallest absolute Gasteiger partial charge is 0.122 e. The number of nitrogens with two attached hydrogens (primary N) is 1. The number of hydrogen-bond acceptors (Lipinski definition) is 3. The van der Waals surface area contributed by atoms with Crippen molar-refractivity contribution in [2.75, 3.05) is 19.8 Å². The van der Waals surface area contributed by atoms with E-state index in [0.717, 1.165) is 30.6 Å². The highest BCUT2D eigenvalue weighted by Crippen LogP contribution is 2.06. The van der Waals surface area contributed by atoms with Crippen LogP contribution in [0.25, 0.3) is 0 Å². The summed E-state index contributed by atoms with van der Waals surface area (Å²) >= 11 is 0. The molecule has 18 heavy (non-hydrogen) atoms. The van der Waals surface area contributed by atoms with Crippen molar-refractivity contribution in [2.24, 2.45) is 5.73 Å². The number of benzene rings is 1. The first-order valence-corrected chi connectivity index (χ1v) is 6.33. The summed E-state index contributed by atoms with van der Waals surface area (Å²) in [7, 11) is 0. The molecule has 0 aliphatic heterocycles. The SMILES string of the molecule is CCCCOCCOCc1cccc(C(=N)N)c1. The highest BCUT2D eigenvalue weighted by Gasteiger charge is 1.98. The minimum atomic E-state index is 0.0831. The molecule has 0 amide bonds. The number of rotatable bonds is 9. The third kappa shape index (κ3) is 5.80. The van der Waals surface area contributed by atoms with Crippen LogP contribution in [0.3, 0.4) is 0 Å². The summed E-state index contributed by atoms with van der Waals surface area (Å²) < 4.78 is 10.9. The summed E-state index contributed by atoms with van der Waals surface area (Å²) in [6.07, 6.45) is 2.25. The van der Waals surface area contributed by atoms with Gasteiger partial charge in [-0.15, -0.1) is 0 Å². The van der Waals surface area contributed by atoms with Gasteiger partial charge < -0.3 is 15.2 Å². The molecule has 4 heteroatoms. The van der Waals surface area contributed by atoms with E-state index in [-0.39, 0.29) is 5.84 Å². The lowest BCUT2D eigenvalue weighted by Gasteiger charge is -2.06. The predicted octanol–water partition coefficient (Wildman–Crippen LogP) is 2.30. The van der Waals surface area contributed by atoms with Gasteiger partial charge in [0.15, 0.2) is 0 Å². The van der Waals surface area contributed by atoms with Crippen LogP contribution in [0.2, 0.25) is 0 Å². The Kier molecular flexibility index (Phi) is 7.06. The number of unbranched alkanes of at least 4 members (excludes halogenated alkanes) is 1. The van der Waals surface area contributed by atoms with Crippen LogP contribution < -0.4 is 5.73 Å². The summed E-state index contributed by atoms with van der Waals surface area (Å²) in [6.45, 7) is 4.69. The Morgan fingerprint density at radius 2 is 2.00 bits per heavy atom. The van der Waals surface area contributed by atoms with Gasteiger partial charge in [0, 0.05) is 12.2 Å². The first-order valence-electron chi connectivity index (χ1n) is 6.33. The Hall–Kier alpha value is -1.39. The maximum Gasteiger partial charge on any atom is 0.122 e. The van der Waals surface area contributed by atoms with Gasteiger partial charge in [-0.25, -0.2) is 0 Å². The molecular weight excluding hydrogens is 228 g/mol. The minimum absolute atomic E-state index is 0.0831. The van der Waals surface area contributed by atoms with Crippen molar-refractivity contribution >= 4 is 5.84 Å². The van der Waals surface area contributed by atoms with Gasteiger partial charge in [0.2, 0.25) is 0 Å². The maximum absolute atomic E-state index is 7.36. The van der Waals surface area contributed by atoms with Gasteiger partial charge in [-0.1, -0.05) is 31.5 Å². The molecule has 0 atom stereocenters. The number of nitrogens with one attached hydrogen (secondary N) is 1. The lowest BCUT2D eigenvalue weighted by molar-refractivity contribution is 0.0397. The molecule has 0 aliphatic carbocycles. The molecule has 0 fully saturated rings. The normalized spacial score (nSPS) is 10.5. The first-order chi connectivity index (χ1) is 8.74. The molecule has 0 aliphatic rings. The van der Waals surface area contributed by atoms with Crippen molar-refractivity contribution in [3.63, 3.8) is 0 Å². The topological polar surface area (TPSA) is 68.3 Å². The molecule has 0 saturated carbocycles. The monoisotopic (exact) mass is 250 g/mol. The highest BCUT2D eigenvalue weighted by molar-refractivity contribution is 5.95. The van der Waals surface area contributed by atoms with Crippen LogP contribution in [0.15, 0.2) is 24.3 Å². The number of hydrogen-bond donors (Lipinski definition) is 2. The molecule has 0 spiro atoms. The van der Waals surface area contributed by atoms with Gasteiger partial charge in [-0.05, 0) is 18.1 Å². The van der Waals surface area contributed by atoms with E-state index in [2.05, 4.69) is 6.92 Å². The van der Waals surface area contributed by atoms with Crippen molar-refractivity contribution in [3.8, 4) is 0 Å². The Balaban J connectivity index is 2.19. The third-order valence-corrected chi connectivity index (χ3v) is 2.52. The Labute approximate surface area is 109 Å². The van der Waals surface area contributed by atoms with Crippen LogP contribution in [0, 0.1) is 5.41 Å². The standard InChI is InChI=1S/C14H22N2O2/c1-2-3-7-17-8-9-18-11-12-5-4-6-13(10-12)14(15)16/h4-6,10H,2-3,7-9,11H2,1H3,(H3,15,16). The molecule has 4 nitrogen and oxygen atoms in total. The van der Waals surface area contributed by atoms with Crippen LogP contribution in [-0.4, -0.2) is 25.7 Å².